The highest BCUT2D eigenvalue weighted by atomic mass is 16.2. The first-order chi connectivity index (χ1) is 10.2. The van der Waals surface area contributed by atoms with E-state index in [0.29, 0.717) is 6.42 Å². The lowest BCUT2D eigenvalue weighted by molar-refractivity contribution is -0.131. The third kappa shape index (κ3) is 2.67. The van der Waals surface area contributed by atoms with Gasteiger partial charge in [-0.1, -0.05) is 12.1 Å². The summed E-state index contributed by atoms with van der Waals surface area (Å²) in [5, 5.41) is 0. The number of fused-ring (bicyclic) bond motifs is 1. The first-order valence-corrected chi connectivity index (χ1v) is 7.86. The highest BCUT2D eigenvalue weighted by Gasteiger charge is 2.30. The molecule has 0 radical (unpaired) electrons. The highest BCUT2D eigenvalue weighted by Crippen LogP contribution is 2.28. The van der Waals surface area contributed by atoms with Gasteiger partial charge in [0, 0.05) is 37.3 Å². The van der Waals surface area contributed by atoms with Crippen molar-refractivity contribution in [2.24, 2.45) is 0 Å². The molecule has 1 amide bonds. The third-order valence-electron chi connectivity index (χ3n) is 4.56. The van der Waals surface area contributed by atoms with Crippen molar-refractivity contribution in [2.75, 3.05) is 24.5 Å². The van der Waals surface area contributed by atoms with Gasteiger partial charge < -0.3 is 9.80 Å². The number of benzene rings is 1. The van der Waals surface area contributed by atoms with E-state index in [1.54, 1.807) is 0 Å². The van der Waals surface area contributed by atoms with E-state index in [2.05, 4.69) is 4.90 Å². The molecular weight excluding hydrogens is 264 g/mol. The molecule has 1 atom stereocenters. The minimum atomic E-state index is -0.199. The zero-order valence-electron chi connectivity index (χ0n) is 12.5. The van der Waals surface area contributed by atoms with Gasteiger partial charge in [0.2, 0.25) is 5.91 Å². The summed E-state index contributed by atoms with van der Waals surface area (Å²) < 4.78 is 0. The van der Waals surface area contributed by atoms with Crippen molar-refractivity contribution in [3.8, 4) is 0 Å². The number of rotatable bonds is 2. The monoisotopic (exact) mass is 286 g/mol. The Hall–Kier alpha value is -1.84. The molecule has 1 unspecified atom stereocenters. The van der Waals surface area contributed by atoms with Gasteiger partial charge in [0.25, 0.3) is 0 Å². The molecule has 0 spiro atoms. The van der Waals surface area contributed by atoms with Crippen LogP contribution < -0.4 is 4.90 Å². The Balaban J connectivity index is 1.88. The zero-order chi connectivity index (χ0) is 14.8. The molecule has 2 aliphatic rings. The van der Waals surface area contributed by atoms with Crippen molar-refractivity contribution in [3.63, 3.8) is 0 Å². The fraction of sp³-hybridized carbons (Fsp3) is 0.529. The number of carbonyl (C=O) groups excluding carboxylic acids is 2. The van der Waals surface area contributed by atoms with Crippen LogP contribution in [0.1, 0.15) is 43.0 Å². The average molecular weight is 286 g/mol. The number of hydrogen-bond acceptors (Lipinski definition) is 3. The predicted molar refractivity (Wildman–Crippen MR) is 82.6 cm³/mol. The number of para-hydroxylation sites is 1. The largest absolute Gasteiger partial charge is 0.359 e. The van der Waals surface area contributed by atoms with Crippen LogP contribution in [-0.4, -0.2) is 42.3 Å². The van der Waals surface area contributed by atoms with E-state index in [-0.39, 0.29) is 17.7 Å². The number of likely N-dealkylation sites (tertiary alicyclic amines) is 1. The Morgan fingerprint density at radius 1 is 1.10 bits per heavy atom. The lowest BCUT2D eigenvalue weighted by Crippen LogP contribution is -2.46. The van der Waals surface area contributed by atoms with Gasteiger partial charge in [-0.15, -0.1) is 0 Å². The molecule has 1 aromatic carbocycles. The van der Waals surface area contributed by atoms with Crippen LogP contribution in [0.4, 0.5) is 5.69 Å². The quantitative estimate of drug-likeness (QED) is 0.838. The summed E-state index contributed by atoms with van der Waals surface area (Å²) in [7, 11) is 0. The number of hydrogen-bond donors (Lipinski definition) is 0. The molecule has 3 rings (SSSR count). The van der Waals surface area contributed by atoms with Gasteiger partial charge in [-0.3, -0.25) is 9.59 Å². The van der Waals surface area contributed by atoms with E-state index in [1.165, 1.54) is 0 Å². The molecule has 1 saturated heterocycles. The van der Waals surface area contributed by atoms with Gasteiger partial charge in [0.1, 0.15) is 6.04 Å². The average Bonchev–Trinajstić information content (AvgIpc) is 2.99. The van der Waals surface area contributed by atoms with Crippen molar-refractivity contribution < 1.29 is 9.59 Å². The number of anilines is 1. The summed E-state index contributed by atoms with van der Waals surface area (Å²) in [6, 6.07) is 7.48. The first-order valence-electron chi connectivity index (χ1n) is 7.86. The minimum absolute atomic E-state index is 0.189. The summed E-state index contributed by atoms with van der Waals surface area (Å²) in [6.07, 6.45) is 3.59. The van der Waals surface area contributed by atoms with E-state index in [9.17, 15) is 9.59 Å². The van der Waals surface area contributed by atoms with Crippen LogP contribution >= 0.6 is 0 Å². The van der Waals surface area contributed by atoms with E-state index in [4.69, 9.17) is 0 Å². The molecular formula is C17H22N2O2. The number of ketones is 1. The topological polar surface area (TPSA) is 40.6 Å². The van der Waals surface area contributed by atoms with Crippen LogP contribution in [0.3, 0.4) is 0 Å². The molecule has 2 heterocycles. The summed E-state index contributed by atoms with van der Waals surface area (Å²) in [6.45, 7) is 4.48. The molecule has 4 heteroatoms. The van der Waals surface area contributed by atoms with Crippen LogP contribution in [0.15, 0.2) is 24.3 Å². The van der Waals surface area contributed by atoms with Gasteiger partial charge in [-0.05, 0) is 38.3 Å². The Labute approximate surface area is 125 Å². The fourth-order valence-corrected chi connectivity index (χ4v) is 3.36. The summed E-state index contributed by atoms with van der Waals surface area (Å²) in [5.41, 5.74) is 1.68. The van der Waals surface area contributed by atoms with Crippen molar-refractivity contribution in [2.45, 2.75) is 38.6 Å². The molecule has 4 nitrogen and oxygen atoms in total. The maximum Gasteiger partial charge on any atom is 0.244 e. The number of Topliss-reactive ketones (excluding diaryl/α,β-unsaturated/α-hetero) is 1. The number of carbonyl (C=O) groups is 2. The Bertz CT molecular complexity index is 549. The minimum Gasteiger partial charge on any atom is -0.359 e. The maximum absolute atomic E-state index is 12.6. The number of nitrogens with zero attached hydrogens (tertiary/aromatic N) is 2. The molecule has 0 aromatic heterocycles. The molecule has 0 N–H and O–H groups in total. The van der Waals surface area contributed by atoms with Crippen LogP contribution in [0.5, 0.6) is 0 Å². The van der Waals surface area contributed by atoms with Crippen molar-refractivity contribution in [1.82, 2.24) is 4.90 Å². The summed E-state index contributed by atoms with van der Waals surface area (Å²) in [4.78, 5) is 28.9. The Morgan fingerprint density at radius 3 is 2.57 bits per heavy atom. The predicted octanol–water partition coefficient (Wildman–Crippen LogP) is 2.48. The molecule has 0 saturated carbocycles. The molecule has 1 fully saturated rings. The molecule has 0 aliphatic carbocycles. The lowest BCUT2D eigenvalue weighted by Gasteiger charge is -2.32. The first kappa shape index (κ1) is 14.1. The van der Waals surface area contributed by atoms with Gasteiger partial charge in [-0.2, -0.15) is 0 Å². The highest BCUT2D eigenvalue weighted by molar-refractivity contribution is 6.02. The molecule has 1 aromatic rings. The van der Waals surface area contributed by atoms with Gasteiger partial charge >= 0.3 is 0 Å². The van der Waals surface area contributed by atoms with Crippen LogP contribution in [0.25, 0.3) is 0 Å². The van der Waals surface area contributed by atoms with E-state index in [1.807, 2.05) is 36.1 Å². The second kappa shape index (κ2) is 5.88. The van der Waals surface area contributed by atoms with Crippen LogP contribution in [0.2, 0.25) is 0 Å². The molecule has 0 bridgehead atoms. The number of amides is 1. The van der Waals surface area contributed by atoms with Crippen LogP contribution in [-0.2, 0) is 4.79 Å². The summed E-state index contributed by atoms with van der Waals surface area (Å²) >= 11 is 0. The Morgan fingerprint density at radius 2 is 1.81 bits per heavy atom. The SMILES string of the molecule is CC(C(=O)N1CCCC1)N1CCCC(=O)c2ccccc21. The second-order valence-electron chi connectivity index (χ2n) is 5.95. The van der Waals surface area contributed by atoms with Gasteiger partial charge in [0.15, 0.2) is 5.78 Å². The van der Waals surface area contributed by atoms with E-state index < -0.39 is 0 Å². The van der Waals surface area contributed by atoms with Gasteiger partial charge in [0.05, 0.1) is 0 Å². The van der Waals surface area contributed by atoms with Crippen molar-refractivity contribution in [1.29, 1.82) is 0 Å². The summed E-state index contributed by atoms with van der Waals surface area (Å²) in [5.74, 6) is 0.380. The fourth-order valence-electron chi connectivity index (χ4n) is 3.36. The van der Waals surface area contributed by atoms with E-state index in [0.717, 1.165) is 50.1 Å². The van der Waals surface area contributed by atoms with Crippen LogP contribution in [0, 0.1) is 0 Å². The van der Waals surface area contributed by atoms with Crippen molar-refractivity contribution in [3.05, 3.63) is 29.8 Å². The second-order valence-corrected chi connectivity index (χ2v) is 5.95. The lowest BCUT2D eigenvalue weighted by atomic mass is 10.1. The third-order valence-corrected chi connectivity index (χ3v) is 4.56. The Kier molecular flexibility index (Phi) is 3.95. The smallest absolute Gasteiger partial charge is 0.244 e. The molecule has 21 heavy (non-hydrogen) atoms. The normalized spacial score (nSPS) is 20.1. The standard InChI is InChI=1S/C17H22N2O2/c1-13(17(21)18-10-4-5-11-18)19-12-6-9-16(20)14-7-2-3-8-15(14)19/h2-3,7-8,13H,4-6,9-12H2,1H3. The zero-order valence-corrected chi connectivity index (χ0v) is 12.5. The van der Waals surface area contributed by atoms with E-state index >= 15 is 0 Å². The maximum atomic E-state index is 12.6. The molecule has 112 valence electrons. The molecule has 2 aliphatic heterocycles. The van der Waals surface area contributed by atoms with Gasteiger partial charge in [-0.25, -0.2) is 0 Å². The van der Waals surface area contributed by atoms with Crippen molar-refractivity contribution >= 4 is 17.4 Å².